The fourth-order valence-electron chi connectivity index (χ4n) is 3.00. The molecule has 0 spiro atoms. The van der Waals surface area contributed by atoms with Crippen molar-refractivity contribution in [3.05, 3.63) is 40.4 Å². The Labute approximate surface area is 152 Å². The van der Waals surface area contributed by atoms with Gasteiger partial charge in [0.2, 0.25) is 5.91 Å². The van der Waals surface area contributed by atoms with Gasteiger partial charge < -0.3 is 11.1 Å². The van der Waals surface area contributed by atoms with Crippen LogP contribution in [0.1, 0.15) is 16.0 Å². The minimum Gasteiger partial charge on any atom is -0.375 e. The van der Waals surface area contributed by atoms with Crippen LogP contribution in [0.15, 0.2) is 24.4 Å². The second-order valence-corrected chi connectivity index (χ2v) is 7.66. The Kier molecular flexibility index (Phi) is 5.67. The standard InChI is InChI=1S/C18H25N5OS/c1-13-4-3-5-16(14(13)2)21-17(24)12-23-8-6-22(7-9-23)11-15-10-20-18(19)25-15/h3-5,10H,6-9,11-12H2,1-2H3,(H2,19,20)(H,21,24). The third kappa shape index (κ3) is 4.78. The fourth-order valence-corrected chi connectivity index (χ4v) is 3.73. The number of thiazole rings is 1. The number of rotatable bonds is 5. The van der Waals surface area contributed by atoms with Crippen LogP contribution < -0.4 is 11.1 Å². The quantitative estimate of drug-likeness (QED) is 0.855. The first-order valence-corrected chi connectivity index (χ1v) is 9.34. The molecule has 2 aromatic rings. The Morgan fingerprint density at radius 3 is 2.64 bits per heavy atom. The van der Waals surface area contributed by atoms with Crippen LogP contribution in [0, 0.1) is 13.8 Å². The first-order valence-electron chi connectivity index (χ1n) is 8.52. The van der Waals surface area contributed by atoms with E-state index in [0.717, 1.165) is 44.0 Å². The number of hydrogen-bond acceptors (Lipinski definition) is 6. The summed E-state index contributed by atoms with van der Waals surface area (Å²) in [6, 6.07) is 5.99. The van der Waals surface area contributed by atoms with Gasteiger partial charge in [0.1, 0.15) is 0 Å². The van der Waals surface area contributed by atoms with E-state index >= 15 is 0 Å². The van der Waals surface area contributed by atoms with Crippen LogP contribution in [0.3, 0.4) is 0 Å². The van der Waals surface area contributed by atoms with Gasteiger partial charge in [0, 0.05) is 49.5 Å². The van der Waals surface area contributed by atoms with Crippen LogP contribution >= 0.6 is 11.3 Å². The molecule has 1 aromatic heterocycles. The summed E-state index contributed by atoms with van der Waals surface area (Å²) < 4.78 is 0. The highest BCUT2D eigenvalue weighted by Crippen LogP contribution is 2.19. The van der Waals surface area contributed by atoms with Gasteiger partial charge >= 0.3 is 0 Å². The number of carbonyl (C=O) groups excluding carboxylic acids is 1. The van der Waals surface area contributed by atoms with E-state index in [0.29, 0.717) is 11.7 Å². The fraction of sp³-hybridized carbons (Fsp3) is 0.444. The number of amides is 1. The van der Waals surface area contributed by atoms with Crippen LogP contribution in [0.5, 0.6) is 0 Å². The van der Waals surface area contributed by atoms with E-state index in [1.165, 1.54) is 10.4 Å². The van der Waals surface area contributed by atoms with Crippen molar-refractivity contribution in [1.82, 2.24) is 14.8 Å². The second kappa shape index (κ2) is 7.95. The Morgan fingerprint density at radius 2 is 1.96 bits per heavy atom. The molecule has 1 aliphatic heterocycles. The minimum absolute atomic E-state index is 0.0531. The highest BCUT2D eigenvalue weighted by atomic mass is 32.1. The van der Waals surface area contributed by atoms with E-state index in [4.69, 9.17) is 5.73 Å². The van der Waals surface area contributed by atoms with Crippen LogP contribution in [0.2, 0.25) is 0 Å². The first kappa shape index (κ1) is 17.8. The molecular weight excluding hydrogens is 334 g/mol. The van der Waals surface area contributed by atoms with Gasteiger partial charge in [0.25, 0.3) is 0 Å². The molecular formula is C18H25N5OS. The van der Waals surface area contributed by atoms with Crippen LogP contribution in [0.25, 0.3) is 0 Å². The summed E-state index contributed by atoms with van der Waals surface area (Å²) in [7, 11) is 0. The molecule has 7 heteroatoms. The van der Waals surface area contributed by atoms with Gasteiger partial charge in [0.15, 0.2) is 5.13 Å². The molecule has 0 radical (unpaired) electrons. The predicted molar refractivity (Wildman–Crippen MR) is 103 cm³/mol. The molecule has 1 saturated heterocycles. The normalized spacial score (nSPS) is 16.1. The summed E-state index contributed by atoms with van der Waals surface area (Å²) >= 11 is 1.54. The number of aromatic nitrogens is 1. The van der Waals surface area contributed by atoms with Gasteiger partial charge in [-0.2, -0.15) is 0 Å². The molecule has 0 atom stereocenters. The Hall–Kier alpha value is -1.96. The number of piperazine rings is 1. The monoisotopic (exact) mass is 359 g/mol. The van der Waals surface area contributed by atoms with Crippen molar-refractivity contribution in [2.75, 3.05) is 43.8 Å². The average Bonchev–Trinajstić information content (AvgIpc) is 2.99. The van der Waals surface area contributed by atoms with Crippen LogP contribution in [0.4, 0.5) is 10.8 Å². The summed E-state index contributed by atoms with van der Waals surface area (Å²) in [6.07, 6.45) is 1.85. The molecule has 1 aromatic carbocycles. The summed E-state index contributed by atoms with van der Waals surface area (Å²) in [4.78, 5) is 22.2. The van der Waals surface area contributed by atoms with Crippen molar-refractivity contribution in [2.45, 2.75) is 20.4 Å². The number of hydrogen-bond donors (Lipinski definition) is 2. The number of nitrogen functional groups attached to an aromatic ring is 1. The van der Waals surface area contributed by atoms with Crippen LogP contribution in [-0.4, -0.2) is 53.4 Å². The molecule has 3 N–H and O–H groups in total. The van der Waals surface area contributed by atoms with Gasteiger partial charge in [-0.05, 0) is 31.0 Å². The lowest BCUT2D eigenvalue weighted by molar-refractivity contribution is -0.117. The number of nitrogens with zero attached hydrogens (tertiary/aromatic N) is 3. The Balaban J connectivity index is 1.45. The zero-order valence-corrected chi connectivity index (χ0v) is 15.6. The maximum atomic E-state index is 12.3. The molecule has 2 heterocycles. The van der Waals surface area contributed by atoms with Crippen molar-refractivity contribution >= 4 is 28.1 Å². The lowest BCUT2D eigenvalue weighted by Crippen LogP contribution is -2.48. The van der Waals surface area contributed by atoms with Crippen LogP contribution in [-0.2, 0) is 11.3 Å². The van der Waals surface area contributed by atoms with E-state index in [2.05, 4.69) is 33.1 Å². The molecule has 1 amide bonds. The highest BCUT2D eigenvalue weighted by Gasteiger charge is 2.20. The van der Waals surface area contributed by atoms with E-state index in [1.807, 2.05) is 25.3 Å². The van der Waals surface area contributed by atoms with E-state index < -0.39 is 0 Å². The number of anilines is 2. The molecule has 1 fully saturated rings. The maximum Gasteiger partial charge on any atom is 0.238 e. The van der Waals surface area contributed by atoms with E-state index in [9.17, 15) is 4.79 Å². The molecule has 3 rings (SSSR count). The number of carbonyl (C=O) groups is 1. The number of nitrogens with one attached hydrogen (secondary N) is 1. The summed E-state index contributed by atoms with van der Waals surface area (Å²) in [5.41, 5.74) is 8.91. The van der Waals surface area contributed by atoms with Crippen molar-refractivity contribution < 1.29 is 4.79 Å². The Bertz CT molecular complexity index is 737. The van der Waals surface area contributed by atoms with Crippen molar-refractivity contribution in [2.24, 2.45) is 0 Å². The third-order valence-electron chi connectivity index (χ3n) is 4.66. The largest absolute Gasteiger partial charge is 0.375 e. The van der Waals surface area contributed by atoms with Gasteiger partial charge in [-0.3, -0.25) is 14.6 Å². The SMILES string of the molecule is Cc1cccc(NC(=O)CN2CCN(Cc3cnc(N)s3)CC2)c1C. The van der Waals surface area contributed by atoms with Gasteiger partial charge in [-0.1, -0.05) is 12.1 Å². The summed E-state index contributed by atoms with van der Waals surface area (Å²) in [5.74, 6) is 0.0531. The molecule has 0 bridgehead atoms. The molecule has 0 saturated carbocycles. The molecule has 6 nitrogen and oxygen atoms in total. The van der Waals surface area contributed by atoms with E-state index in [-0.39, 0.29) is 5.91 Å². The molecule has 25 heavy (non-hydrogen) atoms. The van der Waals surface area contributed by atoms with Gasteiger partial charge in [-0.25, -0.2) is 4.98 Å². The number of benzene rings is 1. The second-order valence-electron chi connectivity index (χ2n) is 6.51. The van der Waals surface area contributed by atoms with Gasteiger partial charge in [-0.15, -0.1) is 11.3 Å². The van der Waals surface area contributed by atoms with Crippen molar-refractivity contribution in [3.8, 4) is 0 Å². The molecule has 0 unspecified atom stereocenters. The average molecular weight is 359 g/mol. The lowest BCUT2D eigenvalue weighted by Gasteiger charge is -2.33. The van der Waals surface area contributed by atoms with Gasteiger partial charge in [0.05, 0.1) is 6.54 Å². The van der Waals surface area contributed by atoms with E-state index in [1.54, 1.807) is 11.3 Å². The smallest absolute Gasteiger partial charge is 0.238 e. The molecule has 134 valence electrons. The Morgan fingerprint density at radius 1 is 1.24 bits per heavy atom. The molecule has 0 aliphatic carbocycles. The minimum atomic E-state index is 0.0531. The topological polar surface area (TPSA) is 74.5 Å². The highest BCUT2D eigenvalue weighted by molar-refractivity contribution is 7.15. The zero-order chi connectivity index (χ0) is 17.8. The number of nitrogens with two attached hydrogens (primary N) is 1. The number of aryl methyl sites for hydroxylation is 1. The summed E-state index contributed by atoms with van der Waals surface area (Å²) in [6.45, 7) is 9.12. The predicted octanol–water partition coefficient (Wildman–Crippen LogP) is 2.10. The van der Waals surface area contributed by atoms with Crippen molar-refractivity contribution in [3.63, 3.8) is 0 Å². The lowest BCUT2D eigenvalue weighted by atomic mass is 10.1. The summed E-state index contributed by atoms with van der Waals surface area (Å²) in [5, 5.41) is 3.66. The maximum absolute atomic E-state index is 12.3. The van der Waals surface area contributed by atoms with Crippen molar-refractivity contribution in [1.29, 1.82) is 0 Å². The third-order valence-corrected chi connectivity index (χ3v) is 5.47. The first-order chi connectivity index (χ1) is 12.0. The molecule has 1 aliphatic rings. The zero-order valence-electron chi connectivity index (χ0n) is 14.8.